The van der Waals surface area contributed by atoms with Gasteiger partial charge in [-0.05, 0) is 54.5 Å². The summed E-state index contributed by atoms with van der Waals surface area (Å²) in [6, 6.07) is 3.64. The molecule has 0 fully saturated rings. The number of aromatic hydroxyl groups is 1. The van der Waals surface area contributed by atoms with Crippen LogP contribution in [0.3, 0.4) is 0 Å². The summed E-state index contributed by atoms with van der Waals surface area (Å²) in [5, 5.41) is 29.3. The highest BCUT2D eigenvalue weighted by atomic mass is 32.1. The van der Waals surface area contributed by atoms with Crippen LogP contribution in [0, 0.1) is 6.92 Å². The van der Waals surface area contributed by atoms with Crippen LogP contribution in [0.25, 0.3) is 0 Å². The molecule has 1 rings (SSSR count). The van der Waals surface area contributed by atoms with E-state index in [0.717, 1.165) is 17.5 Å². The first-order chi connectivity index (χ1) is 13.3. The molecule has 0 spiro atoms. The van der Waals surface area contributed by atoms with Crippen molar-refractivity contribution in [3.8, 4) is 5.75 Å². The lowest BCUT2D eigenvalue weighted by Crippen LogP contribution is -2.42. The number of aliphatic hydroxyl groups excluding tert-OH is 1. The predicted molar refractivity (Wildman–Crippen MR) is 117 cm³/mol. The fraction of sp³-hybridized carbons (Fsp3) is 0.682. The second-order valence-corrected chi connectivity index (χ2v) is 9.38. The van der Waals surface area contributed by atoms with Crippen molar-refractivity contribution in [2.24, 2.45) is 0 Å². The van der Waals surface area contributed by atoms with Gasteiger partial charge >= 0.3 is 5.97 Å². The molecule has 1 aromatic rings. The van der Waals surface area contributed by atoms with E-state index in [1.165, 1.54) is 6.92 Å². The molecule has 3 atom stereocenters. The Balaban J connectivity index is 3.20. The van der Waals surface area contributed by atoms with Gasteiger partial charge < -0.3 is 24.8 Å². The van der Waals surface area contributed by atoms with E-state index in [9.17, 15) is 20.1 Å². The fourth-order valence-electron chi connectivity index (χ4n) is 2.76. The molecule has 6 nitrogen and oxygen atoms in total. The molecule has 0 saturated carbocycles. The van der Waals surface area contributed by atoms with Gasteiger partial charge in [0.05, 0.1) is 43.2 Å². The second-order valence-electron chi connectivity index (χ2n) is 8.76. The highest BCUT2D eigenvalue weighted by molar-refractivity contribution is 7.81. The van der Waals surface area contributed by atoms with Crippen LogP contribution < -0.4 is 0 Å². The predicted octanol–water partition coefficient (Wildman–Crippen LogP) is 3.44. The molecule has 29 heavy (non-hydrogen) atoms. The summed E-state index contributed by atoms with van der Waals surface area (Å²) in [6.07, 6.45) is 0.0844. The molecule has 0 saturated heterocycles. The van der Waals surface area contributed by atoms with Crippen molar-refractivity contribution in [2.75, 3.05) is 19.8 Å². The minimum Gasteiger partial charge on any atom is -0.507 e. The third kappa shape index (κ3) is 7.48. The number of ether oxygens (including phenoxy) is 2. The van der Waals surface area contributed by atoms with E-state index in [2.05, 4.69) is 12.6 Å². The van der Waals surface area contributed by atoms with E-state index in [4.69, 9.17) is 9.47 Å². The summed E-state index contributed by atoms with van der Waals surface area (Å²) in [5.74, 6) is -0.159. The molecule has 3 unspecified atom stereocenters. The first-order valence-corrected chi connectivity index (χ1v) is 10.5. The normalized spacial score (nSPS) is 16.2. The number of esters is 1. The molecule has 3 N–H and O–H groups in total. The monoisotopic (exact) mass is 428 g/mol. The Morgan fingerprint density at radius 3 is 2.38 bits per heavy atom. The SMILES string of the molecule is CCCOC(=O)CC(OCC(S)C(C)(O)CO)c1cc(C)c(O)c(C(C)(C)C)c1. The van der Waals surface area contributed by atoms with E-state index in [-0.39, 0.29) is 30.2 Å². The van der Waals surface area contributed by atoms with Crippen molar-refractivity contribution in [3.63, 3.8) is 0 Å². The van der Waals surface area contributed by atoms with Gasteiger partial charge in [-0.25, -0.2) is 0 Å². The highest BCUT2D eigenvalue weighted by Gasteiger charge is 2.31. The van der Waals surface area contributed by atoms with Crippen LogP contribution in [0.2, 0.25) is 0 Å². The zero-order valence-corrected chi connectivity index (χ0v) is 19.3. The number of thiol groups is 1. The van der Waals surface area contributed by atoms with Crippen molar-refractivity contribution in [2.45, 2.75) is 76.8 Å². The Kier molecular flexibility index (Phi) is 9.47. The van der Waals surface area contributed by atoms with Crippen LogP contribution in [-0.4, -0.2) is 52.0 Å². The average molecular weight is 429 g/mol. The number of carbonyl (C=O) groups is 1. The maximum atomic E-state index is 12.3. The number of carbonyl (C=O) groups excluding carboxylic acids is 1. The van der Waals surface area contributed by atoms with Crippen molar-refractivity contribution in [3.05, 3.63) is 28.8 Å². The van der Waals surface area contributed by atoms with E-state index in [1.807, 2.05) is 33.8 Å². The molecule has 0 aromatic heterocycles. The first kappa shape index (κ1) is 25.8. The number of hydrogen-bond donors (Lipinski definition) is 4. The summed E-state index contributed by atoms with van der Waals surface area (Å²) < 4.78 is 11.2. The largest absolute Gasteiger partial charge is 0.507 e. The van der Waals surface area contributed by atoms with E-state index >= 15 is 0 Å². The Morgan fingerprint density at radius 2 is 1.86 bits per heavy atom. The van der Waals surface area contributed by atoms with Crippen molar-refractivity contribution < 1.29 is 29.6 Å². The van der Waals surface area contributed by atoms with Gasteiger partial charge in [-0.3, -0.25) is 4.79 Å². The molecular weight excluding hydrogens is 392 g/mol. The molecule has 0 aliphatic rings. The number of hydrogen-bond acceptors (Lipinski definition) is 7. The zero-order chi connectivity index (χ0) is 22.4. The smallest absolute Gasteiger partial charge is 0.308 e. The van der Waals surface area contributed by atoms with Crippen LogP contribution in [0.4, 0.5) is 0 Å². The lowest BCUT2D eigenvalue weighted by molar-refractivity contribution is -0.147. The molecule has 0 aliphatic heterocycles. The minimum absolute atomic E-state index is 0.00440. The van der Waals surface area contributed by atoms with E-state index in [0.29, 0.717) is 12.2 Å². The maximum Gasteiger partial charge on any atom is 0.308 e. The van der Waals surface area contributed by atoms with Crippen molar-refractivity contribution in [1.29, 1.82) is 0 Å². The molecule has 7 heteroatoms. The third-order valence-corrected chi connectivity index (χ3v) is 5.52. The summed E-state index contributed by atoms with van der Waals surface area (Å²) in [5.41, 5.74) is 0.464. The molecular formula is C22H36O6S. The van der Waals surface area contributed by atoms with Gasteiger partial charge in [0, 0.05) is 0 Å². The molecule has 0 heterocycles. The summed E-state index contributed by atoms with van der Waals surface area (Å²) in [7, 11) is 0. The number of benzene rings is 1. The standard InChI is InChI=1S/C22H36O6S/c1-7-8-27-19(24)11-17(28-12-18(29)22(6,26)13-23)15-9-14(2)20(25)16(10-15)21(3,4)5/h9-10,17-18,23,25-26,29H,7-8,11-13H2,1-6H3. The fourth-order valence-corrected chi connectivity index (χ4v) is 2.92. The lowest BCUT2D eigenvalue weighted by Gasteiger charge is -2.29. The van der Waals surface area contributed by atoms with Crippen molar-refractivity contribution >= 4 is 18.6 Å². The van der Waals surface area contributed by atoms with Gasteiger partial charge in [0.15, 0.2) is 0 Å². The Hall–Kier alpha value is -1.28. The van der Waals surface area contributed by atoms with Gasteiger partial charge in [0.1, 0.15) is 5.75 Å². The summed E-state index contributed by atoms with van der Waals surface area (Å²) in [6.45, 7) is 11.1. The number of phenols is 1. The highest BCUT2D eigenvalue weighted by Crippen LogP contribution is 2.37. The quantitative estimate of drug-likeness (QED) is 0.337. The van der Waals surface area contributed by atoms with Gasteiger partial charge in [-0.1, -0.05) is 27.7 Å². The molecule has 1 aromatic carbocycles. The number of phenolic OH excluding ortho intramolecular Hbond substituents is 1. The van der Waals surface area contributed by atoms with Crippen LogP contribution >= 0.6 is 12.6 Å². The first-order valence-electron chi connectivity index (χ1n) is 9.96. The molecule has 0 aliphatic carbocycles. The molecule has 166 valence electrons. The number of aliphatic hydroxyl groups is 2. The van der Waals surface area contributed by atoms with Crippen LogP contribution in [0.5, 0.6) is 5.75 Å². The minimum atomic E-state index is -1.42. The van der Waals surface area contributed by atoms with E-state index < -0.39 is 23.6 Å². The van der Waals surface area contributed by atoms with Crippen LogP contribution in [-0.2, 0) is 19.7 Å². The molecule has 0 amide bonds. The average Bonchev–Trinajstić information content (AvgIpc) is 2.64. The van der Waals surface area contributed by atoms with Gasteiger partial charge in [0.25, 0.3) is 0 Å². The van der Waals surface area contributed by atoms with Crippen LogP contribution in [0.15, 0.2) is 12.1 Å². The molecule has 0 radical (unpaired) electrons. The molecule has 0 bridgehead atoms. The number of aryl methyl sites for hydroxylation is 1. The van der Waals surface area contributed by atoms with Crippen LogP contribution in [0.1, 0.15) is 70.3 Å². The zero-order valence-electron chi connectivity index (χ0n) is 18.4. The van der Waals surface area contributed by atoms with Crippen molar-refractivity contribution in [1.82, 2.24) is 0 Å². The summed E-state index contributed by atoms with van der Waals surface area (Å²) >= 11 is 4.34. The van der Waals surface area contributed by atoms with E-state index in [1.54, 1.807) is 13.0 Å². The van der Waals surface area contributed by atoms with Gasteiger partial charge in [0.2, 0.25) is 0 Å². The topological polar surface area (TPSA) is 96.2 Å². The van der Waals surface area contributed by atoms with Gasteiger partial charge in [-0.2, -0.15) is 12.6 Å². The number of rotatable bonds is 10. The lowest BCUT2D eigenvalue weighted by atomic mass is 9.83. The third-order valence-electron chi connectivity index (χ3n) is 4.82. The Morgan fingerprint density at radius 1 is 1.24 bits per heavy atom. The second kappa shape index (κ2) is 10.7. The Labute approximate surface area is 179 Å². The summed E-state index contributed by atoms with van der Waals surface area (Å²) in [4.78, 5) is 12.3. The Bertz CT molecular complexity index is 681. The maximum absolute atomic E-state index is 12.3. The van der Waals surface area contributed by atoms with Gasteiger partial charge in [-0.15, -0.1) is 0 Å².